The average molecular weight is 316 g/mol. The lowest BCUT2D eigenvalue weighted by Crippen LogP contribution is -2.28. The second-order valence-electron chi connectivity index (χ2n) is 2.82. The Balaban J connectivity index is 3.23. The molecule has 1 aromatic rings. The van der Waals surface area contributed by atoms with Crippen LogP contribution < -0.4 is 4.72 Å². The molecule has 8 heteroatoms. The molecule has 2 N–H and O–H groups in total. The lowest BCUT2D eigenvalue weighted by atomic mass is 10.3. The number of hydrogen-bond donors (Lipinski definition) is 2. The Bertz CT molecular complexity index is 469. The number of sulfonamides is 1. The molecular formula is C8H8BrF2NO3S. The summed E-state index contributed by atoms with van der Waals surface area (Å²) in [5.41, 5.74) is 0. The van der Waals surface area contributed by atoms with Crippen LogP contribution in [0.2, 0.25) is 0 Å². The Kier molecular flexibility index (Phi) is 4.36. The van der Waals surface area contributed by atoms with Gasteiger partial charge in [-0.05, 0) is 12.1 Å². The number of benzene rings is 1. The molecule has 0 aliphatic rings. The third-order valence-electron chi connectivity index (χ3n) is 1.64. The molecule has 0 atom stereocenters. The van der Waals surface area contributed by atoms with Crippen LogP contribution in [0.1, 0.15) is 0 Å². The highest BCUT2D eigenvalue weighted by atomic mass is 79.9. The smallest absolute Gasteiger partial charge is 0.246 e. The first-order valence-electron chi connectivity index (χ1n) is 4.13. The van der Waals surface area contributed by atoms with Crippen molar-refractivity contribution in [3.63, 3.8) is 0 Å². The summed E-state index contributed by atoms with van der Waals surface area (Å²) in [6.07, 6.45) is 0. The standard InChI is InChI=1S/C8H8BrF2NO3S/c9-5-3-6(10)8(7(11)4-5)16(14,15)12-1-2-13/h3-4,12-13H,1-2H2. The van der Waals surface area contributed by atoms with E-state index in [2.05, 4.69) is 15.9 Å². The van der Waals surface area contributed by atoms with E-state index in [9.17, 15) is 17.2 Å². The summed E-state index contributed by atoms with van der Waals surface area (Å²) in [6.45, 7) is -0.768. The van der Waals surface area contributed by atoms with Gasteiger partial charge in [-0.25, -0.2) is 21.9 Å². The summed E-state index contributed by atoms with van der Waals surface area (Å²) in [7, 11) is -4.28. The van der Waals surface area contributed by atoms with Crippen LogP contribution in [-0.4, -0.2) is 26.7 Å². The van der Waals surface area contributed by atoms with Gasteiger partial charge < -0.3 is 5.11 Å². The van der Waals surface area contributed by atoms with Gasteiger partial charge in [-0.1, -0.05) is 15.9 Å². The topological polar surface area (TPSA) is 66.4 Å². The first kappa shape index (κ1) is 13.5. The predicted octanol–water partition coefficient (Wildman–Crippen LogP) is 0.998. The molecule has 0 heterocycles. The van der Waals surface area contributed by atoms with Gasteiger partial charge in [0.25, 0.3) is 0 Å². The molecule has 0 bridgehead atoms. The minimum absolute atomic E-state index is 0.101. The van der Waals surface area contributed by atoms with Crippen LogP contribution in [0.15, 0.2) is 21.5 Å². The van der Waals surface area contributed by atoms with E-state index in [0.717, 1.165) is 12.1 Å². The number of aliphatic hydroxyl groups is 1. The molecule has 0 aliphatic carbocycles. The summed E-state index contributed by atoms with van der Waals surface area (Å²) in [4.78, 5) is -1.05. The van der Waals surface area contributed by atoms with Crippen molar-refractivity contribution < 1.29 is 22.3 Å². The van der Waals surface area contributed by atoms with Gasteiger partial charge in [0.05, 0.1) is 6.61 Å². The summed E-state index contributed by atoms with van der Waals surface area (Å²) < 4.78 is 51.4. The zero-order valence-corrected chi connectivity index (χ0v) is 10.3. The minimum Gasteiger partial charge on any atom is -0.395 e. The maximum atomic E-state index is 13.3. The monoisotopic (exact) mass is 315 g/mol. The quantitative estimate of drug-likeness (QED) is 0.871. The Labute approximate surface area is 99.5 Å². The van der Waals surface area contributed by atoms with E-state index in [1.54, 1.807) is 0 Å². The van der Waals surface area contributed by atoms with Crippen molar-refractivity contribution >= 4 is 26.0 Å². The molecule has 0 amide bonds. The number of nitrogens with one attached hydrogen (secondary N) is 1. The molecule has 0 unspecified atom stereocenters. The van der Waals surface area contributed by atoms with Crippen LogP contribution in [0.25, 0.3) is 0 Å². The third-order valence-corrected chi connectivity index (χ3v) is 3.61. The van der Waals surface area contributed by atoms with E-state index < -0.39 is 33.2 Å². The molecule has 0 aliphatic heterocycles. The molecule has 0 aromatic heterocycles. The largest absolute Gasteiger partial charge is 0.395 e. The van der Waals surface area contributed by atoms with Gasteiger partial charge in [-0.3, -0.25) is 0 Å². The predicted molar refractivity (Wildman–Crippen MR) is 56.3 cm³/mol. The average Bonchev–Trinajstić information content (AvgIpc) is 2.12. The SMILES string of the molecule is O=S(=O)(NCCO)c1c(F)cc(Br)cc1F. The van der Waals surface area contributed by atoms with Crippen LogP contribution in [0.4, 0.5) is 8.78 Å². The van der Waals surface area contributed by atoms with Crippen molar-refractivity contribution in [2.75, 3.05) is 13.2 Å². The van der Waals surface area contributed by atoms with Crippen LogP contribution in [0.5, 0.6) is 0 Å². The third kappa shape index (κ3) is 2.97. The molecule has 16 heavy (non-hydrogen) atoms. The number of hydrogen-bond acceptors (Lipinski definition) is 3. The molecular weight excluding hydrogens is 308 g/mol. The Morgan fingerprint density at radius 3 is 2.25 bits per heavy atom. The van der Waals surface area contributed by atoms with Gasteiger partial charge >= 0.3 is 0 Å². The molecule has 0 saturated heterocycles. The lowest BCUT2D eigenvalue weighted by Gasteiger charge is -2.07. The summed E-state index contributed by atoms with van der Waals surface area (Å²) in [5.74, 6) is -2.39. The first-order chi connectivity index (χ1) is 7.38. The Morgan fingerprint density at radius 1 is 1.31 bits per heavy atom. The highest BCUT2D eigenvalue weighted by Gasteiger charge is 2.23. The van der Waals surface area contributed by atoms with Crippen molar-refractivity contribution in [2.45, 2.75) is 4.90 Å². The van der Waals surface area contributed by atoms with Gasteiger partial charge in [-0.15, -0.1) is 0 Å². The van der Waals surface area contributed by atoms with Crippen molar-refractivity contribution in [1.82, 2.24) is 4.72 Å². The maximum absolute atomic E-state index is 13.3. The van der Waals surface area contributed by atoms with Crippen molar-refractivity contribution in [3.05, 3.63) is 28.2 Å². The minimum atomic E-state index is -4.28. The summed E-state index contributed by atoms with van der Waals surface area (Å²) in [5, 5.41) is 8.44. The summed E-state index contributed by atoms with van der Waals surface area (Å²) in [6, 6.07) is 1.69. The molecule has 4 nitrogen and oxygen atoms in total. The highest BCUT2D eigenvalue weighted by molar-refractivity contribution is 9.10. The second-order valence-corrected chi connectivity index (χ2v) is 5.44. The van der Waals surface area contributed by atoms with Crippen LogP contribution in [0.3, 0.4) is 0 Å². The number of aliphatic hydroxyl groups excluding tert-OH is 1. The number of halogens is 3. The van der Waals surface area contributed by atoms with Gasteiger partial charge in [-0.2, -0.15) is 0 Å². The fourth-order valence-electron chi connectivity index (χ4n) is 1.04. The van der Waals surface area contributed by atoms with Gasteiger partial charge in [0.1, 0.15) is 11.6 Å². The second kappa shape index (κ2) is 5.17. The van der Waals surface area contributed by atoms with E-state index in [1.807, 2.05) is 4.72 Å². The van der Waals surface area contributed by atoms with E-state index in [-0.39, 0.29) is 11.0 Å². The zero-order valence-electron chi connectivity index (χ0n) is 7.87. The number of rotatable bonds is 4. The lowest BCUT2D eigenvalue weighted by molar-refractivity contribution is 0.300. The highest BCUT2D eigenvalue weighted by Crippen LogP contribution is 2.23. The Morgan fingerprint density at radius 2 is 1.81 bits per heavy atom. The molecule has 0 radical (unpaired) electrons. The van der Waals surface area contributed by atoms with Crippen molar-refractivity contribution in [1.29, 1.82) is 0 Å². The molecule has 1 rings (SSSR count). The zero-order chi connectivity index (χ0) is 12.3. The van der Waals surface area contributed by atoms with Crippen LogP contribution in [-0.2, 0) is 10.0 Å². The molecule has 0 saturated carbocycles. The fourth-order valence-corrected chi connectivity index (χ4v) is 2.58. The molecule has 0 fully saturated rings. The van der Waals surface area contributed by atoms with Gasteiger partial charge in [0.15, 0.2) is 4.90 Å². The molecule has 1 aromatic carbocycles. The van der Waals surface area contributed by atoms with Gasteiger partial charge in [0, 0.05) is 11.0 Å². The molecule has 90 valence electrons. The van der Waals surface area contributed by atoms with E-state index in [0.29, 0.717) is 0 Å². The van der Waals surface area contributed by atoms with E-state index >= 15 is 0 Å². The normalized spacial score (nSPS) is 11.8. The van der Waals surface area contributed by atoms with Crippen molar-refractivity contribution in [3.8, 4) is 0 Å². The van der Waals surface area contributed by atoms with E-state index in [4.69, 9.17) is 5.11 Å². The van der Waals surface area contributed by atoms with Gasteiger partial charge in [0.2, 0.25) is 10.0 Å². The van der Waals surface area contributed by atoms with E-state index in [1.165, 1.54) is 0 Å². The van der Waals surface area contributed by atoms with Crippen LogP contribution >= 0.6 is 15.9 Å². The fraction of sp³-hybridized carbons (Fsp3) is 0.250. The maximum Gasteiger partial charge on any atom is 0.246 e. The molecule has 0 spiro atoms. The first-order valence-corrected chi connectivity index (χ1v) is 6.41. The van der Waals surface area contributed by atoms with Crippen LogP contribution in [0, 0.1) is 11.6 Å². The summed E-state index contributed by atoms with van der Waals surface area (Å²) >= 11 is 2.83. The van der Waals surface area contributed by atoms with Crippen molar-refractivity contribution in [2.24, 2.45) is 0 Å². The Hall–Kier alpha value is -0.570.